The second-order valence-corrected chi connectivity index (χ2v) is 8.06. The number of piperazine rings is 1. The summed E-state index contributed by atoms with van der Waals surface area (Å²) in [6.07, 6.45) is 1.29. The standard InChI is InChI=1S/C20H26N6O4/c1-14-13-15(7-8-21-14)22-18-16(26(28)29)5-6-17(23-18)24-9-11-25(12-10-24)19(27)30-20(2,3)4/h5-8,13H,9-12H2,1-4H3,(H,21,22,23). The van der Waals surface area contributed by atoms with Crippen LogP contribution in [-0.2, 0) is 4.74 Å². The van der Waals surface area contributed by atoms with Crippen LogP contribution in [-0.4, -0.2) is 57.7 Å². The van der Waals surface area contributed by atoms with Gasteiger partial charge in [-0.3, -0.25) is 15.1 Å². The molecule has 10 heteroatoms. The number of hydrogen-bond acceptors (Lipinski definition) is 8. The molecule has 0 unspecified atom stereocenters. The van der Waals surface area contributed by atoms with Gasteiger partial charge in [0.05, 0.1) is 4.92 Å². The Morgan fingerprint density at radius 2 is 1.90 bits per heavy atom. The van der Waals surface area contributed by atoms with Gasteiger partial charge in [-0.1, -0.05) is 0 Å². The molecule has 1 N–H and O–H groups in total. The van der Waals surface area contributed by atoms with Crippen LogP contribution < -0.4 is 10.2 Å². The molecule has 1 fully saturated rings. The molecule has 0 spiro atoms. The van der Waals surface area contributed by atoms with E-state index in [4.69, 9.17) is 4.74 Å². The molecular formula is C20H26N6O4. The smallest absolute Gasteiger partial charge is 0.410 e. The van der Waals surface area contributed by atoms with Gasteiger partial charge in [0.2, 0.25) is 5.82 Å². The molecule has 10 nitrogen and oxygen atoms in total. The van der Waals surface area contributed by atoms with Crippen LogP contribution in [0.5, 0.6) is 0 Å². The number of carbonyl (C=O) groups excluding carboxylic acids is 1. The number of aryl methyl sites for hydroxylation is 1. The van der Waals surface area contributed by atoms with Gasteiger partial charge in [0.25, 0.3) is 0 Å². The number of pyridine rings is 2. The molecule has 1 amide bonds. The molecule has 1 aliphatic rings. The Morgan fingerprint density at radius 3 is 2.50 bits per heavy atom. The third-order valence-corrected chi connectivity index (χ3v) is 4.47. The molecule has 0 radical (unpaired) electrons. The van der Waals surface area contributed by atoms with Crippen LogP contribution in [0.25, 0.3) is 0 Å². The minimum Gasteiger partial charge on any atom is -0.444 e. The predicted octanol–water partition coefficient (Wildman–Crippen LogP) is 3.49. The molecule has 160 valence electrons. The van der Waals surface area contributed by atoms with Gasteiger partial charge in [-0.2, -0.15) is 0 Å². The Bertz CT molecular complexity index is 935. The zero-order valence-electron chi connectivity index (χ0n) is 17.6. The zero-order chi connectivity index (χ0) is 21.9. The topological polar surface area (TPSA) is 114 Å². The fraction of sp³-hybridized carbons (Fsp3) is 0.450. The lowest BCUT2D eigenvalue weighted by Gasteiger charge is -2.36. The molecule has 0 aromatic carbocycles. The highest BCUT2D eigenvalue weighted by molar-refractivity contribution is 5.69. The van der Waals surface area contributed by atoms with Gasteiger partial charge >= 0.3 is 11.8 Å². The maximum atomic E-state index is 12.2. The second kappa shape index (κ2) is 8.52. The Hall–Kier alpha value is -3.43. The van der Waals surface area contributed by atoms with Gasteiger partial charge in [0, 0.05) is 49.8 Å². The SMILES string of the molecule is Cc1cc(Nc2nc(N3CCN(C(=O)OC(C)(C)C)CC3)ccc2[N+](=O)[O-])ccn1. The van der Waals surface area contributed by atoms with Crippen molar-refractivity contribution in [3.05, 3.63) is 46.3 Å². The number of nitro groups is 1. The first-order chi connectivity index (χ1) is 14.1. The van der Waals surface area contributed by atoms with Crippen molar-refractivity contribution < 1.29 is 14.5 Å². The van der Waals surface area contributed by atoms with Crippen LogP contribution >= 0.6 is 0 Å². The quantitative estimate of drug-likeness (QED) is 0.597. The van der Waals surface area contributed by atoms with E-state index in [1.165, 1.54) is 6.07 Å². The highest BCUT2D eigenvalue weighted by Crippen LogP contribution is 2.29. The van der Waals surface area contributed by atoms with Crippen molar-refractivity contribution in [3.8, 4) is 0 Å². The third kappa shape index (κ3) is 5.34. The van der Waals surface area contributed by atoms with Crippen molar-refractivity contribution in [2.75, 3.05) is 36.4 Å². The van der Waals surface area contributed by atoms with E-state index in [9.17, 15) is 14.9 Å². The number of nitrogens with one attached hydrogen (secondary N) is 1. The molecule has 0 bridgehead atoms. The van der Waals surface area contributed by atoms with Crippen LogP contribution in [0.1, 0.15) is 26.5 Å². The highest BCUT2D eigenvalue weighted by Gasteiger charge is 2.27. The molecule has 3 rings (SSSR count). The van der Waals surface area contributed by atoms with E-state index in [2.05, 4.69) is 15.3 Å². The minimum absolute atomic E-state index is 0.111. The van der Waals surface area contributed by atoms with Crippen molar-refractivity contribution in [2.24, 2.45) is 0 Å². The zero-order valence-corrected chi connectivity index (χ0v) is 17.6. The molecule has 1 aliphatic heterocycles. The number of nitrogens with zero attached hydrogens (tertiary/aromatic N) is 5. The Labute approximate surface area is 175 Å². The molecule has 2 aromatic heterocycles. The molecule has 0 atom stereocenters. The van der Waals surface area contributed by atoms with Gasteiger partial charge in [0.15, 0.2) is 0 Å². The second-order valence-electron chi connectivity index (χ2n) is 8.06. The lowest BCUT2D eigenvalue weighted by Crippen LogP contribution is -2.50. The molecule has 30 heavy (non-hydrogen) atoms. The number of ether oxygens (including phenoxy) is 1. The fourth-order valence-corrected chi connectivity index (χ4v) is 3.06. The number of aromatic nitrogens is 2. The van der Waals surface area contributed by atoms with Crippen LogP contribution in [0.15, 0.2) is 30.5 Å². The van der Waals surface area contributed by atoms with Gasteiger partial charge in [-0.05, 0) is 45.9 Å². The van der Waals surface area contributed by atoms with Gasteiger partial charge in [0.1, 0.15) is 11.4 Å². The summed E-state index contributed by atoms with van der Waals surface area (Å²) >= 11 is 0. The largest absolute Gasteiger partial charge is 0.444 e. The van der Waals surface area contributed by atoms with Crippen LogP contribution in [0.2, 0.25) is 0 Å². The van der Waals surface area contributed by atoms with E-state index >= 15 is 0 Å². The molecule has 2 aromatic rings. The predicted molar refractivity (Wildman–Crippen MR) is 113 cm³/mol. The molecular weight excluding hydrogens is 388 g/mol. The third-order valence-electron chi connectivity index (χ3n) is 4.47. The van der Waals surface area contributed by atoms with Crippen molar-refractivity contribution in [3.63, 3.8) is 0 Å². The first-order valence-electron chi connectivity index (χ1n) is 9.70. The van der Waals surface area contributed by atoms with E-state index in [1.807, 2.05) is 32.6 Å². The monoisotopic (exact) mass is 414 g/mol. The summed E-state index contributed by atoms with van der Waals surface area (Å²) in [6, 6.07) is 6.59. The van der Waals surface area contributed by atoms with Crippen molar-refractivity contribution in [1.29, 1.82) is 0 Å². The van der Waals surface area contributed by atoms with Crippen LogP contribution in [0.3, 0.4) is 0 Å². The maximum absolute atomic E-state index is 12.2. The van der Waals surface area contributed by atoms with Gasteiger partial charge in [-0.15, -0.1) is 0 Å². The first-order valence-corrected chi connectivity index (χ1v) is 9.70. The summed E-state index contributed by atoms with van der Waals surface area (Å²) in [5, 5.41) is 14.5. The van der Waals surface area contributed by atoms with Gasteiger partial charge < -0.3 is 19.9 Å². The number of carbonyl (C=O) groups is 1. The van der Waals surface area contributed by atoms with E-state index in [-0.39, 0.29) is 17.6 Å². The minimum atomic E-state index is -0.542. The maximum Gasteiger partial charge on any atom is 0.410 e. The van der Waals surface area contributed by atoms with Crippen molar-refractivity contribution >= 4 is 29.1 Å². The van der Waals surface area contributed by atoms with Crippen LogP contribution in [0, 0.1) is 17.0 Å². The van der Waals surface area contributed by atoms with Crippen molar-refractivity contribution in [1.82, 2.24) is 14.9 Å². The number of anilines is 3. The van der Waals surface area contributed by atoms with E-state index in [1.54, 1.807) is 29.3 Å². The Balaban J connectivity index is 1.74. The lowest BCUT2D eigenvalue weighted by atomic mass is 10.2. The lowest BCUT2D eigenvalue weighted by molar-refractivity contribution is -0.384. The van der Waals surface area contributed by atoms with E-state index < -0.39 is 10.5 Å². The van der Waals surface area contributed by atoms with E-state index in [0.29, 0.717) is 37.7 Å². The molecule has 1 saturated heterocycles. The number of amides is 1. The average molecular weight is 414 g/mol. The van der Waals surface area contributed by atoms with Crippen LogP contribution in [0.4, 0.5) is 27.8 Å². The Kier molecular flexibility index (Phi) is 6.04. The van der Waals surface area contributed by atoms with Gasteiger partial charge in [-0.25, -0.2) is 9.78 Å². The highest BCUT2D eigenvalue weighted by atomic mass is 16.6. The summed E-state index contributed by atoms with van der Waals surface area (Å²) in [5.41, 5.74) is 0.808. The Morgan fingerprint density at radius 1 is 1.20 bits per heavy atom. The summed E-state index contributed by atoms with van der Waals surface area (Å²) in [6.45, 7) is 9.42. The van der Waals surface area contributed by atoms with E-state index in [0.717, 1.165) is 5.69 Å². The fourth-order valence-electron chi connectivity index (χ4n) is 3.06. The molecule has 0 saturated carbocycles. The summed E-state index contributed by atoms with van der Waals surface area (Å²) in [5.74, 6) is 0.774. The molecule has 0 aliphatic carbocycles. The first kappa shape index (κ1) is 21.3. The van der Waals surface area contributed by atoms with Crippen molar-refractivity contribution in [2.45, 2.75) is 33.3 Å². The summed E-state index contributed by atoms with van der Waals surface area (Å²) in [7, 11) is 0. The number of rotatable bonds is 4. The molecule has 3 heterocycles. The average Bonchev–Trinajstić information content (AvgIpc) is 2.66. The summed E-state index contributed by atoms with van der Waals surface area (Å²) < 4.78 is 5.42. The normalized spacial score (nSPS) is 14.4. The summed E-state index contributed by atoms with van der Waals surface area (Å²) in [4.78, 5) is 35.5. The number of hydrogen-bond donors (Lipinski definition) is 1.